The van der Waals surface area contributed by atoms with Crippen LogP contribution in [0.5, 0.6) is 0 Å². The summed E-state index contributed by atoms with van der Waals surface area (Å²) in [4.78, 5) is 31.0. The van der Waals surface area contributed by atoms with Gasteiger partial charge in [-0.3, -0.25) is 14.6 Å². The first kappa shape index (κ1) is 16.2. The van der Waals surface area contributed by atoms with Crippen molar-refractivity contribution in [2.45, 2.75) is 39.3 Å². The molecule has 0 spiro atoms. The molecule has 5 nitrogen and oxygen atoms in total. The van der Waals surface area contributed by atoms with Crippen LogP contribution in [-0.2, 0) is 6.42 Å². The van der Waals surface area contributed by atoms with Gasteiger partial charge in [0.15, 0.2) is 0 Å². The zero-order chi connectivity index (χ0) is 17.3. The molecule has 1 aromatic carbocycles. The highest BCUT2D eigenvalue weighted by Crippen LogP contribution is 2.33. The smallest absolute Gasteiger partial charge is 0.270 e. The minimum atomic E-state index is -0.269. The van der Waals surface area contributed by atoms with E-state index in [1.807, 2.05) is 45.0 Å². The van der Waals surface area contributed by atoms with Gasteiger partial charge in [0, 0.05) is 29.5 Å². The van der Waals surface area contributed by atoms with Crippen LogP contribution in [0.3, 0.4) is 0 Å². The van der Waals surface area contributed by atoms with Gasteiger partial charge >= 0.3 is 0 Å². The quantitative estimate of drug-likeness (QED) is 0.945. The molecule has 1 N–H and O–H groups in total. The Hall–Kier alpha value is -2.69. The summed E-state index contributed by atoms with van der Waals surface area (Å²) in [6, 6.07) is 11.3. The molecule has 1 aliphatic heterocycles. The van der Waals surface area contributed by atoms with Crippen LogP contribution < -0.4 is 10.2 Å². The van der Waals surface area contributed by atoms with Crippen LogP contribution in [-0.4, -0.2) is 28.9 Å². The van der Waals surface area contributed by atoms with Gasteiger partial charge in [-0.15, -0.1) is 0 Å². The molecule has 1 atom stereocenters. The van der Waals surface area contributed by atoms with Gasteiger partial charge in [0.2, 0.25) is 0 Å². The number of benzene rings is 1. The molecule has 2 aromatic rings. The van der Waals surface area contributed by atoms with E-state index in [2.05, 4.69) is 10.3 Å². The van der Waals surface area contributed by atoms with E-state index in [1.165, 1.54) is 11.8 Å². The van der Waals surface area contributed by atoms with E-state index in [-0.39, 0.29) is 29.6 Å². The van der Waals surface area contributed by atoms with Crippen molar-refractivity contribution in [1.82, 2.24) is 10.3 Å². The minimum Gasteiger partial charge on any atom is -0.349 e. The molecule has 24 heavy (non-hydrogen) atoms. The number of hydrogen-bond donors (Lipinski definition) is 1. The lowest BCUT2D eigenvalue weighted by Gasteiger charge is -2.23. The number of anilines is 1. The van der Waals surface area contributed by atoms with Crippen LogP contribution >= 0.6 is 0 Å². The van der Waals surface area contributed by atoms with Crippen LogP contribution in [0, 0.1) is 0 Å². The molecule has 1 aliphatic rings. The van der Waals surface area contributed by atoms with Gasteiger partial charge in [0.1, 0.15) is 5.69 Å². The van der Waals surface area contributed by atoms with Crippen LogP contribution in [0.2, 0.25) is 0 Å². The third kappa shape index (κ3) is 3.02. The third-order valence-corrected chi connectivity index (χ3v) is 4.09. The predicted octanol–water partition coefficient (Wildman–Crippen LogP) is 2.81. The van der Waals surface area contributed by atoms with Gasteiger partial charge in [-0.1, -0.05) is 18.2 Å². The molecule has 124 valence electrons. The second kappa shape index (κ2) is 6.43. The largest absolute Gasteiger partial charge is 0.349 e. The van der Waals surface area contributed by atoms with Crippen molar-refractivity contribution in [1.29, 1.82) is 0 Å². The Labute approximate surface area is 141 Å². The van der Waals surface area contributed by atoms with Crippen LogP contribution in [0.15, 0.2) is 42.6 Å². The first-order chi connectivity index (χ1) is 11.5. The van der Waals surface area contributed by atoms with Crippen molar-refractivity contribution in [2.24, 2.45) is 0 Å². The SMILES string of the molecule is CC(C)NC(=O)c1cc(C(=O)N2c3ccccc3CC2C)ccn1. The van der Waals surface area contributed by atoms with Crippen LogP contribution in [0.25, 0.3) is 0 Å². The zero-order valence-corrected chi connectivity index (χ0v) is 14.1. The number of carbonyl (C=O) groups excluding carboxylic acids is 2. The maximum atomic E-state index is 13.0. The van der Waals surface area contributed by atoms with Gasteiger partial charge in [0.25, 0.3) is 11.8 Å². The Bertz CT molecular complexity index is 786. The Balaban J connectivity index is 1.90. The summed E-state index contributed by atoms with van der Waals surface area (Å²) in [7, 11) is 0. The molecule has 2 amide bonds. The molecule has 0 saturated heterocycles. The Morgan fingerprint density at radius 2 is 2.00 bits per heavy atom. The molecule has 0 radical (unpaired) electrons. The fourth-order valence-electron chi connectivity index (χ4n) is 3.04. The molecule has 0 fully saturated rings. The van der Waals surface area contributed by atoms with E-state index in [1.54, 1.807) is 17.0 Å². The molecule has 5 heteroatoms. The number of carbonyl (C=O) groups is 2. The van der Waals surface area contributed by atoms with Gasteiger partial charge in [0.05, 0.1) is 0 Å². The summed E-state index contributed by atoms with van der Waals surface area (Å²) < 4.78 is 0. The Kier molecular flexibility index (Phi) is 4.34. The molecular weight excluding hydrogens is 302 g/mol. The number of para-hydroxylation sites is 1. The van der Waals surface area contributed by atoms with Gasteiger partial charge in [-0.2, -0.15) is 0 Å². The maximum Gasteiger partial charge on any atom is 0.270 e. The van der Waals surface area contributed by atoms with Crippen LogP contribution in [0.4, 0.5) is 5.69 Å². The number of rotatable bonds is 3. The normalized spacial score (nSPS) is 16.2. The van der Waals surface area contributed by atoms with E-state index in [4.69, 9.17) is 0 Å². The molecular formula is C19H21N3O2. The molecule has 2 heterocycles. The summed E-state index contributed by atoms with van der Waals surface area (Å²) in [5.41, 5.74) is 2.85. The number of nitrogens with one attached hydrogen (secondary N) is 1. The number of amides is 2. The fraction of sp³-hybridized carbons (Fsp3) is 0.316. The fourth-order valence-corrected chi connectivity index (χ4v) is 3.04. The Morgan fingerprint density at radius 1 is 1.25 bits per heavy atom. The summed E-state index contributed by atoms with van der Waals surface area (Å²) in [6.07, 6.45) is 2.35. The molecule has 0 aliphatic carbocycles. The lowest BCUT2D eigenvalue weighted by molar-refractivity contribution is 0.0938. The van der Waals surface area contributed by atoms with Crippen molar-refractivity contribution in [2.75, 3.05) is 4.90 Å². The van der Waals surface area contributed by atoms with Crippen molar-refractivity contribution >= 4 is 17.5 Å². The highest BCUT2D eigenvalue weighted by Gasteiger charge is 2.31. The average molecular weight is 323 g/mol. The third-order valence-electron chi connectivity index (χ3n) is 4.09. The summed E-state index contributed by atoms with van der Waals surface area (Å²) in [5.74, 6) is -0.372. The lowest BCUT2D eigenvalue weighted by atomic mass is 10.1. The number of pyridine rings is 1. The second-order valence-corrected chi connectivity index (χ2v) is 6.41. The maximum absolute atomic E-state index is 13.0. The first-order valence-corrected chi connectivity index (χ1v) is 8.15. The first-order valence-electron chi connectivity index (χ1n) is 8.15. The van der Waals surface area contributed by atoms with E-state index in [0.29, 0.717) is 5.56 Å². The van der Waals surface area contributed by atoms with Gasteiger partial charge in [-0.05, 0) is 51.0 Å². The van der Waals surface area contributed by atoms with Crippen molar-refractivity contribution in [3.63, 3.8) is 0 Å². The monoisotopic (exact) mass is 323 g/mol. The molecule has 1 aromatic heterocycles. The number of fused-ring (bicyclic) bond motifs is 1. The standard InChI is InChI=1S/C19H21N3O2/c1-12(2)21-18(23)16-11-15(8-9-20-16)19(24)22-13(3)10-14-6-4-5-7-17(14)22/h4-9,11-13H,10H2,1-3H3,(H,21,23). The van der Waals surface area contributed by atoms with Crippen molar-refractivity contribution in [3.05, 3.63) is 59.4 Å². The van der Waals surface area contributed by atoms with Crippen LogP contribution in [0.1, 0.15) is 47.2 Å². The van der Waals surface area contributed by atoms with E-state index in [9.17, 15) is 9.59 Å². The van der Waals surface area contributed by atoms with E-state index >= 15 is 0 Å². The highest BCUT2D eigenvalue weighted by molar-refractivity contribution is 6.08. The van der Waals surface area contributed by atoms with Gasteiger partial charge in [-0.25, -0.2) is 0 Å². The predicted molar refractivity (Wildman–Crippen MR) is 93.3 cm³/mol. The van der Waals surface area contributed by atoms with E-state index < -0.39 is 0 Å². The summed E-state index contributed by atoms with van der Waals surface area (Å²) in [5, 5.41) is 2.79. The molecule has 0 bridgehead atoms. The lowest BCUT2D eigenvalue weighted by Crippen LogP contribution is -2.36. The number of aromatic nitrogens is 1. The molecule has 0 saturated carbocycles. The summed E-state index contributed by atoms with van der Waals surface area (Å²) in [6.45, 7) is 5.80. The minimum absolute atomic E-state index is 0.0177. The topological polar surface area (TPSA) is 62.3 Å². The molecule has 1 unspecified atom stereocenters. The number of nitrogens with zero attached hydrogens (tertiary/aromatic N) is 2. The van der Waals surface area contributed by atoms with Crippen molar-refractivity contribution in [3.8, 4) is 0 Å². The summed E-state index contributed by atoms with van der Waals surface area (Å²) >= 11 is 0. The highest BCUT2D eigenvalue weighted by atomic mass is 16.2. The van der Waals surface area contributed by atoms with E-state index in [0.717, 1.165) is 12.1 Å². The zero-order valence-electron chi connectivity index (χ0n) is 14.1. The number of hydrogen-bond acceptors (Lipinski definition) is 3. The second-order valence-electron chi connectivity index (χ2n) is 6.41. The van der Waals surface area contributed by atoms with Crippen molar-refractivity contribution < 1.29 is 9.59 Å². The Morgan fingerprint density at radius 3 is 2.75 bits per heavy atom. The molecule has 3 rings (SSSR count). The average Bonchev–Trinajstić information content (AvgIpc) is 2.89. The van der Waals surface area contributed by atoms with Gasteiger partial charge < -0.3 is 10.2 Å².